The molecule has 7 heteroatoms. The van der Waals surface area contributed by atoms with Crippen molar-refractivity contribution in [3.8, 4) is 5.75 Å². The summed E-state index contributed by atoms with van der Waals surface area (Å²) in [6, 6.07) is 4.82. The van der Waals surface area contributed by atoms with Crippen LogP contribution in [0.4, 0.5) is 10.5 Å². The second-order valence-corrected chi connectivity index (χ2v) is 5.11. The monoisotopic (exact) mass is 344 g/mol. The Morgan fingerprint density at radius 3 is 2.75 bits per heavy atom. The molecule has 0 fully saturated rings. The molecule has 0 radical (unpaired) electrons. The summed E-state index contributed by atoms with van der Waals surface area (Å²) in [5.74, 6) is -0.732. The summed E-state index contributed by atoms with van der Waals surface area (Å²) >= 11 is 3.32. The van der Waals surface area contributed by atoms with E-state index in [4.69, 9.17) is 9.84 Å². The Morgan fingerprint density at radius 2 is 2.15 bits per heavy atom. The van der Waals surface area contributed by atoms with E-state index in [1.54, 1.807) is 32.2 Å². The zero-order chi connectivity index (χ0) is 15.1. The number of ether oxygens (including phenoxy) is 1. The molecule has 1 unspecified atom stereocenters. The first-order valence-corrected chi connectivity index (χ1v) is 6.84. The van der Waals surface area contributed by atoms with Crippen molar-refractivity contribution < 1.29 is 19.4 Å². The lowest BCUT2D eigenvalue weighted by molar-refractivity contribution is -0.141. The van der Waals surface area contributed by atoms with E-state index in [0.29, 0.717) is 24.4 Å². The van der Waals surface area contributed by atoms with Crippen LogP contribution in [-0.4, -0.2) is 30.8 Å². The molecule has 0 saturated carbocycles. The first kappa shape index (κ1) is 16.3. The van der Waals surface area contributed by atoms with Gasteiger partial charge in [0.15, 0.2) is 0 Å². The number of urea groups is 1. The lowest BCUT2D eigenvalue weighted by Gasteiger charge is -2.11. The maximum atomic E-state index is 11.7. The summed E-state index contributed by atoms with van der Waals surface area (Å²) in [4.78, 5) is 22.3. The molecular formula is C13H17BrN2O4. The van der Waals surface area contributed by atoms with Crippen LogP contribution in [0.25, 0.3) is 0 Å². The first-order valence-electron chi connectivity index (χ1n) is 6.05. The molecule has 6 nitrogen and oxygen atoms in total. The molecule has 3 N–H and O–H groups in total. The van der Waals surface area contributed by atoms with Crippen molar-refractivity contribution in [3.63, 3.8) is 0 Å². The van der Waals surface area contributed by atoms with E-state index in [1.807, 2.05) is 0 Å². The van der Waals surface area contributed by atoms with Gasteiger partial charge in [-0.3, -0.25) is 4.79 Å². The minimum Gasteiger partial charge on any atom is -0.497 e. The van der Waals surface area contributed by atoms with E-state index in [1.165, 1.54) is 0 Å². The standard InChI is InChI=1S/C13H17BrN2O4/c1-8(12(17)18)5-6-15-13(19)16-11-7-9(20-2)3-4-10(11)14/h3-4,7-8H,5-6H2,1-2H3,(H,17,18)(H2,15,16,19). The Kier molecular flexibility index (Phi) is 6.30. The SMILES string of the molecule is COc1ccc(Br)c(NC(=O)NCCC(C)C(=O)O)c1. The number of methoxy groups -OCH3 is 1. The number of carboxylic acid groups (broad SMARTS) is 1. The van der Waals surface area contributed by atoms with E-state index in [0.717, 1.165) is 4.47 Å². The van der Waals surface area contributed by atoms with Gasteiger partial charge in [0.2, 0.25) is 0 Å². The largest absolute Gasteiger partial charge is 0.497 e. The van der Waals surface area contributed by atoms with Crippen LogP contribution in [0.2, 0.25) is 0 Å². The average molecular weight is 345 g/mol. The summed E-state index contributed by atoms with van der Waals surface area (Å²) < 4.78 is 5.80. The minimum absolute atomic E-state index is 0.293. The van der Waals surface area contributed by atoms with E-state index in [9.17, 15) is 9.59 Å². The van der Waals surface area contributed by atoms with Crippen LogP contribution in [0.1, 0.15) is 13.3 Å². The highest BCUT2D eigenvalue weighted by Crippen LogP contribution is 2.26. The highest BCUT2D eigenvalue weighted by molar-refractivity contribution is 9.10. The van der Waals surface area contributed by atoms with Gasteiger partial charge in [0.1, 0.15) is 5.75 Å². The van der Waals surface area contributed by atoms with Gasteiger partial charge in [0, 0.05) is 17.1 Å². The van der Waals surface area contributed by atoms with Crippen LogP contribution in [0.5, 0.6) is 5.75 Å². The van der Waals surface area contributed by atoms with Gasteiger partial charge in [-0.1, -0.05) is 6.92 Å². The Bertz CT molecular complexity index is 493. The summed E-state index contributed by atoms with van der Waals surface area (Å²) in [6.45, 7) is 1.89. The molecule has 1 aromatic rings. The smallest absolute Gasteiger partial charge is 0.319 e. The highest BCUT2D eigenvalue weighted by atomic mass is 79.9. The van der Waals surface area contributed by atoms with E-state index < -0.39 is 17.9 Å². The molecule has 20 heavy (non-hydrogen) atoms. The Morgan fingerprint density at radius 1 is 1.45 bits per heavy atom. The number of benzene rings is 1. The third-order valence-electron chi connectivity index (χ3n) is 2.71. The van der Waals surface area contributed by atoms with Crippen molar-refractivity contribution in [2.75, 3.05) is 19.0 Å². The molecule has 0 aliphatic heterocycles. The maximum absolute atomic E-state index is 11.7. The fourth-order valence-electron chi connectivity index (χ4n) is 1.42. The van der Waals surface area contributed by atoms with Crippen molar-refractivity contribution in [3.05, 3.63) is 22.7 Å². The summed E-state index contributed by atoms with van der Waals surface area (Å²) in [5, 5.41) is 14.0. The van der Waals surface area contributed by atoms with Crippen LogP contribution < -0.4 is 15.4 Å². The Balaban J connectivity index is 2.48. The van der Waals surface area contributed by atoms with Crippen molar-refractivity contribution >= 4 is 33.6 Å². The second-order valence-electron chi connectivity index (χ2n) is 4.25. The fourth-order valence-corrected chi connectivity index (χ4v) is 1.77. The zero-order valence-electron chi connectivity index (χ0n) is 11.3. The number of carbonyl (C=O) groups is 2. The third kappa shape index (κ3) is 5.08. The third-order valence-corrected chi connectivity index (χ3v) is 3.40. The number of hydrogen-bond donors (Lipinski definition) is 3. The minimum atomic E-state index is -0.872. The summed E-state index contributed by atoms with van der Waals surface area (Å²) in [6.07, 6.45) is 0.377. The molecular weight excluding hydrogens is 328 g/mol. The van der Waals surface area contributed by atoms with Gasteiger partial charge >= 0.3 is 12.0 Å². The number of halogens is 1. The first-order chi connectivity index (χ1) is 9.43. The molecule has 0 saturated heterocycles. The summed E-state index contributed by atoms with van der Waals surface area (Å²) in [5.41, 5.74) is 0.577. The van der Waals surface area contributed by atoms with Gasteiger partial charge in [0.05, 0.1) is 18.7 Å². The Labute approximate surface area is 125 Å². The predicted molar refractivity (Wildman–Crippen MR) is 79.1 cm³/mol. The van der Waals surface area contributed by atoms with Gasteiger partial charge in [-0.25, -0.2) is 4.79 Å². The van der Waals surface area contributed by atoms with Crippen LogP contribution in [0, 0.1) is 5.92 Å². The van der Waals surface area contributed by atoms with Crippen LogP contribution in [0.15, 0.2) is 22.7 Å². The number of hydrogen-bond acceptors (Lipinski definition) is 3. The number of carboxylic acids is 1. The van der Waals surface area contributed by atoms with Gasteiger partial charge < -0.3 is 20.5 Å². The highest BCUT2D eigenvalue weighted by Gasteiger charge is 2.11. The molecule has 0 heterocycles. The molecule has 1 atom stereocenters. The predicted octanol–water partition coefficient (Wildman–Crippen LogP) is 2.69. The number of rotatable bonds is 6. The second kappa shape index (κ2) is 7.74. The van der Waals surface area contributed by atoms with Gasteiger partial charge in [-0.15, -0.1) is 0 Å². The van der Waals surface area contributed by atoms with Crippen molar-refractivity contribution in [1.29, 1.82) is 0 Å². The molecule has 0 aromatic heterocycles. The number of nitrogens with one attached hydrogen (secondary N) is 2. The van der Waals surface area contributed by atoms with Gasteiger partial charge in [0.25, 0.3) is 0 Å². The van der Waals surface area contributed by atoms with Crippen LogP contribution in [-0.2, 0) is 4.79 Å². The molecule has 1 rings (SSSR count). The number of carbonyl (C=O) groups excluding carboxylic acids is 1. The Hall–Kier alpha value is -1.76. The van der Waals surface area contributed by atoms with Gasteiger partial charge in [-0.05, 0) is 34.5 Å². The lowest BCUT2D eigenvalue weighted by atomic mass is 10.1. The molecule has 0 aliphatic rings. The van der Waals surface area contributed by atoms with Crippen molar-refractivity contribution in [2.45, 2.75) is 13.3 Å². The number of anilines is 1. The summed E-state index contributed by atoms with van der Waals surface area (Å²) in [7, 11) is 1.54. The van der Waals surface area contributed by atoms with Crippen LogP contribution in [0.3, 0.4) is 0 Å². The number of amides is 2. The quantitative estimate of drug-likeness (QED) is 0.740. The topological polar surface area (TPSA) is 87.7 Å². The van der Waals surface area contributed by atoms with Crippen LogP contribution >= 0.6 is 15.9 Å². The molecule has 0 spiro atoms. The molecule has 0 aliphatic carbocycles. The lowest BCUT2D eigenvalue weighted by Crippen LogP contribution is -2.31. The van der Waals surface area contributed by atoms with Crippen molar-refractivity contribution in [2.24, 2.45) is 5.92 Å². The molecule has 2 amide bonds. The molecule has 110 valence electrons. The average Bonchev–Trinajstić information content (AvgIpc) is 2.41. The zero-order valence-corrected chi connectivity index (χ0v) is 12.9. The maximum Gasteiger partial charge on any atom is 0.319 e. The normalized spacial score (nSPS) is 11.6. The van der Waals surface area contributed by atoms with E-state index >= 15 is 0 Å². The van der Waals surface area contributed by atoms with Gasteiger partial charge in [-0.2, -0.15) is 0 Å². The van der Waals surface area contributed by atoms with E-state index in [-0.39, 0.29) is 0 Å². The molecule has 1 aromatic carbocycles. The molecule has 0 bridgehead atoms. The number of aliphatic carboxylic acids is 1. The van der Waals surface area contributed by atoms with Crippen molar-refractivity contribution in [1.82, 2.24) is 5.32 Å². The fraction of sp³-hybridized carbons (Fsp3) is 0.385. The van der Waals surface area contributed by atoms with E-state index in [2.05, 4.69) is 26.6 Å².